The van der Waals surface area contributed by atoms with Gasteiger partial charge in [-0.05, 0) is 48.9 Å². The first-order valence-electron chi connectivity index (χ1n) is 8.43. The predicted molar refractivity (Wildman–Crippen MR) is 93.6 cm³/mol. The molecule has 0 atom stereocenters. The van der Waals surface area contributed by atoms with Gasteiger partial charge in [0.05, 0.1) is 12.8 Å². The van der Waals surface area contributed by atoms with Crippen LogP contribution in [-0.2, 0) is 19.4 Å². The Morgan fingerprint density at radius 3 is 2.83 bits per heavy atom. The molecule has 0 unspecified atom stereocenters. The molecule has 23 heavy (non-hydrogen) atoms. The van der Waals surface area contributed by atoms with Crippen molar-refractivity contribution in [2.24, 2.45) is 0 Å². The van der Waals surface area contributed by atoms with E-state index in [0.717, 1.165) is 25.3 Å². The second-order valence-electron chi connectivity index (χ2n) is 5.99. The summed E-state index contributed by atoms with van der Waals surface area (Å²) in [6.45, 7) is 1.67. The highest BCUT2D eigenvalue weighted by atomic mass is 16.5. The fraction of sp³-hybridized carbons (Fsp3) is 0.421. The van der Waals surface area contributed by atoms with Crippen LogP contribution in [0.2, 0.25) is 0 Å². The first kappa shape index (κ1) is 15.8. The van der Waals surface area contributed by atoms with E-state index in [2.05, 4.69) is 39.8 Å². The molecule has 1 heterocycles. The molecular weight excluding hydrogens is 286 g/mol. The minimum absolute atomic E-state index is 0.832. The third-order valence-corrected chi connectivity index (χ3v) is 4.37. The molecule has 1 aliphatic carbocycles. The molecule has 1 aromatic carbocycles. The third kappa shape index (κ3) is 4.23. The minimum atomic E-state index is 0.832. The van der Waals surface area contributed by atoms with E-state index in [0.29, 0.717) is 0 Å². The van der Waals surface area contributed by atoms with Crippen molar-refractivity contribution in [3.8, 4) is 5.75 Å². The van der Waals surface area contributed by atoms with Gasteiger partial charge in [0.1, 0.15) is 5.75 Å². The molecule has 0 fully saturated rings. The number of nitrogens with zero attached hydrogens (tertiary/aromatic N) is 1. The lowest BCUT2D eigenvalue weighted by Gasteiger charge is -2.03. The van der Waals surface area contributed by atoms with Gasteiger partial charge < -0.3 is 10.1 Å². The summed E-state index contributed by atoms with van der Waals surface area (Å²) in [5.41, 5.74) is 5.18. The molecule has 0 aliphatic heterocycles. The Labute approximate surface area is 138 Å². The number of ether oxygens (including phenoxy) is 1. The summed E-state index contributed by atoms with van der Waals surface area (Å²) >= 11 is 0. The topological polar surface area (TPSA) is 49.9 Å². The summed E-state index contributed by atoms with van der Waals surface area (Å²) in [6.07, 6.45) is 10.5. The van der Waals surface area contributed by atoms with Gasteiger partial charge in [-0.1, -0.05) is 30.7 Å². The molecule has 1 aromatic heterocycles. The van der Waals surface area contributed by atoms with E-state index >= 15 is 0 Å². The summed E-state index contributed by atoms with van der Waals surface area (Å²) in [7, 11) is 1.69. The molecule has 4 heteroatoms. The zero-order chi connectivity index (χ0) is 15.9. The lowest BCUT2D eigenvalue weighted by atomic mass is 10.1. The Bertz CT molecular complexity index is 643. The van der Waals surface area contributed by atoms with Crippen molar-refractivity contribution in [3.05, 3.63) is 52.9 Å². The first-order chi connectivity index (χ1) is 11.4. The van der Waals surface area contributed by atoms with Crippen LogP contribution in [0.3, 0.4) is 0 Å². The zero-order valence-corrected chi connectivity index (χ0v) is 13.8. The quantitative estimate of drug-likeness (QED) is 0.634. The first-order valence-corrected chi connectivity index (χ1v) is 8.43. The standard InChI is InChI=1S/C19H25N3O/c1-23-16-11-9-15(10-12-16)6-5-13-20-14-19-17-7-3-2-4-8-18(17)21-22-19/h5-6,9-12,20H,2-4,7-8,13-14H2,1H3,(H,21,22). The fourth-order valence-electron chi connectivity index (χ4n) is 3.06. The van der Waals surface area contributed by atoms with Crippen molar-refractivity contribution in [2.75, 3.05) is 13.7 Å². The fourth-order valence-corrected chi connectivity index (χ4v) is 3.06. The molecule has 0 saturated carbocycles. The van der Waals surface area contributed by atoms with Crippen molar-refractivity contribution in [2.45, 2.75) is 38.6 Å². The highest BCUT2D eigenvalue weighted by Gasteiger charge is 2.14. The second kappa shape index (κ2) is 7.97. The van der Waals surface area contributed by atoms with Gasteiger partial charge in [-0.3, -0.25) is 5.10 Å². The molecule has 0 amide bonds. The molecule has 3 rings (SSSR count). The second-order valence-corrected chi connectivity index (χ2v) is 5.99. The van der Waals surface area contributed by atoms with Gasteiger partial charge in [0, 0.05) is 18.8 Å². The Morgan fingerprint density at radius 2 is 2.00 bits per heavy atom. The zero-order valence-electron chi connectivity index (χ0n) is 13.8. The number of hydrogen-bond donors (Lipinski definition) is 2. The maximum atomic E-state index is 5.16. The maximum Gasteiger partial charge on any atom is 0.118 e. The molecule has 0 radical (unpaired) electrons. The minimum Gasteiger partial charge on any atom is -0.497 e. The number of methoxy groups -OCH3 is 1. The van der Waals surface area contributed by atoms with Crippen molar-refractivity contribution < 1.29 is 4.74 Å². The molecule has 122 valence electrons. The molecule has 2 aromatic rings. The summed E-state index contributed by atoms with van der Waals surface area (Å²) < 4.78 is 5.16. The van der Waals surface area contributed by atoms with Gasteiger partial charge in [0.15, 0.2) is 0 Å². The van der Waals surface area contributed by atoms with E-state index < -0.39 is 0 Å². The van der Waals surface area contributed by atoms with Crippen molar-refractivity contribution in [3.63, 3.8) is 0 Å². The predicted octanol–water partition coefficient (Wildman–Crippen LogP) is 3.49. The van der Waals surface area contributed by atoms with Crippen molar-refractivity contribution in [1.29, 1.82) is 0 Å². The molecule has 4 nitrogen and oxygen atoms in total. The highest BCUT2D eigenvalue weighted by Crippen LogP contribution is 2.21. The molecule has 1 aliphatic rings. The third-order valence-electron chi connectivity index (χ3n) is 4.37. The van der Waals surface area contributed by atoms with E-state index in [4.69, 9.17) is 4.74 Å². The molecule has 0 saturated heterocycles. The number of aryl methyl sites for hydroxylation is 1. The van der Waals surface area contributed by atoms with Gasteiger partial charge in [0.25, 0.3) is 0 Å². The van der Waals surface area contributed by atoms with Crippen LogP contribution in [0.1, 0.15) is 41.8 Å². The maximum absolute atomic E-state index is 5.16. The van der Waals surface area contributed by atoms with Crippen LogP contribution >= 0.6 is 0 Å². The Hall–Kier alpha value is -2.07. The van der Waals surface area contributed by atoms with E-state index in [-0.39, 0.29) is 0 Å². The van der Waals surface area contributed by atoms with Gasteiger partial charge in [0.2, 0.25) is 0 Å². The number of H-pyrrole nitrogens is 1. The van der Waals surface area contributed by atoms with E-state index in [9.17, 15) is 0 Å². The van der Waals surface area contributed by atoms with Crippen LogP contribution in [0, 0.1) is 0 Å². The van der Waals surface area contributed by atoms with Crippen LogP contribution in [0.25, 0.3) is 6.08 Å². The van der Waals surface area contributed by atoms with E-state index in [1.807, 2.05) is 12.1 Å². The van der Waals surface area contributed by atoms with Crippen LogP contribution in [0.15, 0.2) is 30.3 Å². The normalized spacial score (nSPS) is 14.7. The number of nitrogens with one attached hydrogen (secondary N) is 2. The van der Waals surface area contributed by atoms with Crippen LogP contribution in [-0.4, -0.2) is 23.9 Å². The molecule has 0 bridgehead atoms. The van der Waals surface area contributed by atoms with Gasteiger partial charge in [-0.15, -0.1) is 0 Å². The number of rotatable bonds is 6. The Balaban J connectivity index is 1.48. The lowest BCUT2D eigenvalue weighted by Crippen LogP contribution is -2.14. The number of hydrogen-bond acceptors (Lipinski definition) is 3. The summed E-state index contributed by atoms with van der Waals surface area (Å²) in [4.78, 5) is 0. The van der Waals surface area contributed by atoms with Crippen LogP contribution in [0.5, 0.6) is 5.75 Å². The molecular formula is C19H25N3O. The van der Waals surface area contributed by atoms with Gasteiger partial charge >= 0.3 is 0 Å². The van der Waals surface area contributed by atoms with Crippen LogP contribution < -0.4 is 10.1 Å². The number of aromatic nitrogens is 2. The average molecular weight is 311 g/mol. The van der Waals surface area contributed by atoms with Gasteiger partial charge in [-0.2, -0.15) is 5.10 Å². The average Bonchev–Trinajstić information content (AvgIpc) is 2.82. The van der Waals surface area contributed by atoms with Crippen molar-refractivity contribution >= 4 is 6.08 Å². The number of aromatic amines is 1. The van der Waals surface area contributed by atoms with E-state index in [1.54, 1.807) is 7.11 Å². The lowest BCUT2D eigenvalue weighted by molar-refractivity contribution is 0.415. The Kier molecular flexibility index (Phi) is 5.48. The number of fused-ring (bicyclic) bond motifs is 1. The van der Waals surface area contributed by atoms with E-state index in [1.165, 1.54) is 48.2 Å². The Morgan fingerprint density at radius 1 is 1.17 bits per heavy atom. The highest BCUT2D eigenvalue weighted by molar-refractivity contribution is 5.50. The molecule has 2 N–H and O–H groups in total. The monoisotopic (exact) mass is 311 g/mol. The number of benzene rings is 1. The summed E-state index contributed by atoms with van der Waals surface area (Å²) in [5, 5.41) is 11.2. The van der Waals surface area contributed by atoms with Crippen molar-refractivity contribution in [1.82, 2.24) is 15.5 Å². The SMILES string of the molecule is COc1ccc(C=CCNCc2n[nH]c3c2CCCCC3)cc1. The smallest absolute Gasteiger partial charge is 0.118 e. The van der Waals surface area contributed by atoms with Crippen LogP contribution in [0.4, 0.5) is 0 Å². The molecule has 0 spiro atoms. The summed E-state index contributed by atoms with van der Waals surface area (Å²) in [6, 6.07) is 8.07. The van der Waals surface area contributed by atoms with Gasteiger partial charge in [-0.25, -0.2) is 0 Å². The largest absolute Gasteiger partial charge is 0.497 e. The summed E-state index contributed by atoms with van der Waals surface area (Å²) in [5.74, 6) is 0.888.